The van der Waals surface area contributed by atoms with Gasteiger partial charge in [0.05, 0.1) is 22.5 Å². The highest BCUT2D eigenvalue weighted by Crippen LogP contribution is 2.34. The summed E-state index contributed by atoms with van der Waals surface area (Å²) in [6.07, 6.45) is 1.14. The first-order chi connectivity index (χ1) is 17.5. The van der Waals surface area contributed by atoms with Crippen LogP contribution in [0.4, 0.5) is 11.8 Å². The molecule has 4 aromatic rings. The van der Waals surface area contributed by atoms with Gasteiger partial charge in [-0.3, -0.25) is 4.79 Å². The molecule has 0 unspecified atom stereocenters. The predicted octanol–water partition coefficient (Wildman–Crippen LogP) is 4.30. The molecule has 2 aliphatic heterocycles. The molecule has 6 rings (SSSR count). The minimum atomic E-state index is -0.737. The zero-order chi connectivity index (χ0) is 24.8. The lowest BCUT2D eigenvalue weighted by Gasteiger charge is -2.30. The number of ether oxygens (including phenoxy) is 2. The standard InChI is InChI=1S/C25H26N6O4S/c1-2-31-19-11-17-16(10-18(19)28-25(31)36)22(26-12-14-3-4-20-21(9-14)35-13-34-20)29-24(27-17)30-7-5-15(6-8-30)23(32)33/h3-4,9-11,15H,2,5-8,12-13H2,1H3,(H,28,36)(H,32,33)(H,26,27,29). The van der Waals surface area contributed by atoms with Crippen molar-refractivity contribution >= 4 is 51.9 Å². The minimum absolute atomic E-state index is 0.236. The van der Waals surface area contributed by atoms with Crippen LogP contribution in [0.5, 0.6) is 11.5 Å². The Morgan fingerprint density at radius 3 is 2.78 bits per heavy atom. The van der Waals surface area contributed by atoms with E-state index in [4.69, 9.17) is 31.7 Å². The lowest BCUT2D eigenvalue weighted by molar-refractivity contribution is -0.142. The third-order valence-corrected chi connectivity index (χ3v) is 7.24. The maximum atomic E-state index is 11.4. The van der Waals surface area contributed by atoms with Crippen LogP contribution in [-0.4, -0.2) is 50.5 Å². The summed E-state index contributed by atoms with van der Waals surface area (Å²) in [4.78, 5) is 26.6. The quantitative estimate of drug-likeness (QED) is 0.329. The SMILES string of the molecule is CCn1c(=S)[nH]c2cc3c(NCc4ccc5c(c4)OCO5)nc(N4CCC(C(=O)O)CC4)nc3cc21. The van der Waals surface area contributed by atoms with Crippen LogP contribution in [-0.2, 0) is 17.9 Å². The lowest BCUT2D eigenvalue weighted by atomic mass is 9.97. The Hall–Kier alpha value is -3.86. The van der Waals surface area contributed by atoms with Gasteiger partial charge in [0, 0.05) is 31.6 Å². The van der Waals surface area contributed by atoms with Crippen molar-refractivity contribution in [1.29, 1.82) is 0 Å². The summed E-state index contributed by atoms with van der Waals surface area (Å²) in [5, 5.41) is 13.7. The molecule has 1 fully saturated rings. The first-order valence-electron chi connectivity index (χ1n) is 12.0. The van der Waals surface area contributed by atoms with E-state index in [9.17, 15) is 9.90 Å². The molecule has 2 aromatic carbocycles. The molecule has 2 aromatic heterocycles. The summed E-state index contributed by atoms with van der Waals surface area (Å²) >= 11 is 5.52. The van der Waals surface area contributed by atoms with Gasteiger partial charge in [-0.25, -0.2) is 4.98 Å². The molecule has 2 aliphatic rings. The number of rotatable bonds is 6. The van der Waals surface area contributed by atoms with Crippen molar-refractivity contribution in [3.8, 4) is 11.5 Å². The van der Waals surface area contributed by atoms with Gasteiger partial charge in [-0.05, 0) is 61.8 Å². The van der Waals surface area contributed by atoms with E-state index in [-0.39, 0.29) is 12.7 Å². The zero-order valence-corrected chi connectivity index (χ0v) is 20.6. The Bertz CT molecular complexity index is 1540. The van der Waals surface area contributed by atoms with E-state index in [1.165, 1.54) is 0 Å². The first-order valence-corrected chi connectivity index (χ1v) is 12.5. The van der Waals surface area contributed by atoms with Crippen LogP contribution in [0.1, 0.15) is 25.3 Å². The molecule has 186 valence electrons. The monoisotopic (exact) mass is 506 g/mol. The number of hydrogen-bond acceptors (Lipinski definition) is 8. The molecule has 0 spiro atoms. The molecule has 0 atom stereocenters. The fourth-order valence-corrected chi connectivity index (χ4v) is 5.26. The summed E-state index contributed by atoms with van der Waals surface area (Å²) < 4.78 is 13.7. The highest BCUT2D eigenvalue weighted by atomic mass is 32.1. The average molecular weight is 507 g/mol. The topological polar surface area (TPSA) is 118 Å². The molecule has 36 heavy (non-hydrogen) atoms. The molecular weight excluding hydrogens is 480 g/mol. The van der Waals surface area contributed by atoms with E-state index in [2.05, 4.69) is 22.1 Å². The second-order valence-corrected chi connectivity index (χ2v) is 9.46. The van der Waals surface area contributed by atoms with E-state index < -0.39 is 5.97 Å². The number of nitrogens with one attached hydrogen (secondary N) is 2. The van der Waals surface area contributed by atoms with Crippen LogP contribution in [0.2, 0.25) is 0 Å². The largest absolute Gasteiger partial charge is 0.481 e. The molecule has 0 aliphatic carbocycles. The molecule has 10 nitrogen and oxygen atoms in total. The summed E-state index contributed by atoms with van der Waals surface area (Å²) in [6.45, 7) is 4.78. The number of carbonyl (C=O) groups is 1. The summed E-state index contributed by atoms with van der Waals surface area (Å²) in [5.41, 5.74) is 3.76. The van der Waals surface area contributed by atoms with Gasteiger partial charge in [0.25, 0.3) is 0 Å². The van der Waals surface area contributed by atoms with Crippen molar-refractivity contribution in [2.24, 2.45) is 5.92 Å². The number of anilines is 2. The van der Waals surface area contributed by atoms with Crippen LogP contribution < -0.4 is 19.7 Å². The normalized spacial score (nSPS) is 15.6. The molecule has 4 heterocycles. The van der Waals surface area contributed by atoms with Crippen molar-refractivity contribution in [3.05, 3.63) is 40.7 Å². The van der Waals surface area contributed by atoms with Crippen LogP contribution in [0.25, 0.3) is 21.9 Å². The molecule has 0 radical (unpaired) electrons. The number of aromatic nitrogens is 4. The number of fused-ring (bicyclic) bond motifs is 3. The van der Waals surface area contributed by atoms with Gasteiger partial charge in [-0.2, -0.15) is 4.98 Å². The number of hydrogen-bond donors (Lipinski definition) is 3. The third kappa shape index (κ3) is 3.98. The average Bonchev–Trinajstić information content (AvgIpc) is 3.48. The number of aliphatic carboxylic acids is 1. The van der Waals surface area contributed by atoms with Gasteiger partial charge in [0.1, 0.15) is 5.82 Å². The molecule has 3 N–H and O–H groups in total. The van der Waals surface area contributed by atoms with E-state index in [0.717, 1.165) is 45.5 Å². The predicted molar refractivity (Wildman–Crippen MR) is 138 cm³/mol. The van der Waals surface area contributed by atoms with Crippen molar-refractivity contribution in [3.63, 3.8) is 0 Å². The number of nitrogens with zero attached hydrogens (tertiary/aromatic N) is 4. The van der Waals surface area contributed by atoms with Crippen molar-refractivity contribution in [2.75, 3.05) is 30.1 Å². The molecule has 0 bridgehead atoms. The van der Waals surface area contributed by atoms with Gasteiger partial charge in [0.15, 0.2) is 16.3 Å². The number of benzene rings is 2. The van der Waals surface area contributed by atoms with Crippen LogP contribution in [0.3, 0.4) is 0 Å². The van der Waals surface area contributed by atoms with E-state index in [0.29, 0.717) is 49.0 Å². The van der Waals surface area contributed by atoms with Crippen molar-refractivity contribution in [2.45, 2.75) is 32.9 Å². The summed E-state index contributed by atoms with van der Waals surface area (Å²) in [5.74, 6) is 1.72. The number of piperidine rings is 1. The molecular formula is C25H26N6O4S. The van der Waals surface area contributed by atoms with Gasteiger partial charge in [-0.15, -0.1) is 0 Å². The fraction of sp³-hybridized carbons (Fsp3) is 0.360. The molecule has 0 amide bonds. The minimum Gasteiger partial charge on any atom is -0.481 e. The Balaban J connectivity index is 1.39. The first kappa shape index (κ1) is 22.6. The smallest absolute Gasteiger partial charge is 0.306 e. The van der Waals surface area contributed by atoms with Crippen LogP contribution >= 0.6 is 12.2 Å². The highest BCUT2D eigenvalue weighted by molar-refractivity contribution is 7.71. The van der Waals surface area contributed by atoms with Crippen LogP contribution in [0, 0.1) is 10.7 Å². The molecule has 1 saturated heterocycles. The maximum absolute atomic E-state index is 11.4. The number of aryl methyl sites for hydroxylation is 1. The van der Waals surface area contributed by atoms with Crippen molar-refractivity contribution < 1.29 is 19.4 Å². The summed E-state index contributed by atoms with van der Waals surface area (Å²) in [6, 6.07) is 9.95. The Morgan fingerprint density at radius 2 is 2.00 bits per heavy atom. The Kier molecular flexibility index (Phi) is 5.63. The number of H-pyrrole nitrogens is 1. The second-order valence-electron chi connectivity index (χ2n) is 9.07. The van der Waals surface area contributed by atoms with E-state index >= 15 is 0 Å². The molecule has 0 saturated carbocycles. The number of carboxylic acids is 1. The molecule has 11 heteroatoms. The third-order valence-electron chi connectivity index (χ3n) is 6.92. The van der Waals surface area contributed by atoms with Gasteiger partial charge in [0.2, 0.25) is 12.7 Å². The van der Waals surface area contributed by atoms with Gasteiger partial charge >= 0.3 is 5.97 Å². The van der Waals surface area contributed by atoms with E-state index in [1.807, 2.05) is 34.9 Å². The number of aromatic amines is 1. The Labute approximate surface area is 211 Å². The Morgan fingerprint density at radius 1 is 1.19 bits per heavy atom. The number of imidazole rings is 1. The van der Waals surface area contributed by atoms with E-state index in [1.54, 1.807) is 0 Å². The van der Waals surface area contributed by atoms with Crippen molar-refractivity contribution in [1.82, 2.24) is 19.5 Å². The summed E-state index contributed by atoms with van der Waals surface area (Å²) in [7, 11) is 0. The van der Waals surface area contributed by atoms with Crippen LogP contribution in [0.15, 0.2) is 30.3 Å². The second kappa shape index (κ2) is 8.98. The number of carboxylic acid groups (broad SMARTS) is 1. The fourth-order valence-electron chi connectivity index (χ4n) is 4.92. The maximum Gasteiger partial charge on any atom is 0.306 e. The highest BCUT2D eigenvalue weighted by Gasteiger charge is 2.26. The van der Waals surface area contributed by atoms with Gasteiger partial charge in [-0.1, -0.05) is 6.07 Å². The lowest BCUT2D eigenvalue weighted by Crippen LogP contribution is -2.37. The van der Waals surface area contributed by atoms with Gasteiger partial charge < -0.3 is 34.3 Å². The zero-order valence-electron chi connectivity index (χ0n) is 19.8.